The lowest BCUT2D eigenvalue weighted by Crippen LogP contribution is -2.27. The summed E-state index contributed by atoms with van der Waals surface area (Å²) in [6, 6.07) is 12.4. The van der Waals surface area contributed by atoms with Gasteiger partial charge < -0.3 is 24.1 Å². The van der Waals surface area contributed by atoms with Crippen LogP contribution in [0.3, 0.4) is 0 Å². The average Bonchev–Trinajstić information content (AvgIpc) is 3.08. The van der Waals surface area contributed by atoms with Gasteiger partial charge in [0.15, 0.2) is 6.61 Å². The maximum absolute atomic E-state index is 12.4. The van der Waals surface area contributed by atoms with Gasteiger partial charge in [0.1, 0.15) is 17.1 Å². The lowest BCUT2D eigenvalue weighted by atomic mass is 10.1. The summed E-state index contributed by atoms with van der Waals surface area (Å²) in [6.45, 7) is -0.0307. The van der Waals surface area contributed by atoms with Crippen molar-refractivity contribution in [3.8, 4) is 11.5 Å². The highest BCUT2D eigenvalue weighted by Crippen LogP contribution is 2.26. The van der Waals surface area contributed by atoms with Crippen LogP contribution >= 0.6 is 0 Å². The van der Waals surface area contributed by atoms with Gasteiger partial charge in [-0.05, 0) is 36.4 Å². The number of methoxy groups -OCH3 is 1. The summed E-state index contributed by atoms with van der Waals surface area (Å²) in [5.41, 5.74) is 2.12. The summed E-state index contributed by atoms with van der Waals surface area (Å²) in [4.78, 5) is 25.4. The Balaban J connectivity index is 1.58. The zero-order valence-corrected chi connectivity index (χ0v) is 16.0. The molecule has 1 aromatic heterocycles. The second-order valence-electron chi connectivity index (χ2n) is 6.45. The van der Waals surface area contributed by atoms with Gasteiger partial charge in [-0.3, -0.25) is 9.59 Å². The van der Waals surface area contributed by atoms with Crippen LogP contribution in [-0.4, -0.2) is 44.5 Å². The SMILES string of the molecule is COc1ccc2c(CC(=O)Nc3ccc(OCC(=O)N(C)C)cc3)coc2c1. The molecule has 7 heteroatoms. The van der Waals surface area contributed by atoms with Crippen LogP contribution in [0.1, 0.15) is 5.56 Å². The number of nitrogens with one attached hydrogen (secondary N) is 1. The molecular formula is C21H22N2O5. The summed E-state index contributed by atoms with van der Waals surface area (Å²) in [6.07, 6.45) is 1.78. The number of furan rings is 1. The van der Waals surface area contributed by atoms with Gasteiger partial charge in [-0.25, -0.2) is 0 Å². The zero-order valence-electron chi connectivity index (χ0n) is 16.0. The highest BCUT2D eigenvalue weighted by molar-refractivity contribution is 5.95. The number of anilines is 1. The molecule has 0 radical (unpaired) electrons. The molecule has 0 fully saturated rings. The van der Waals surface area contributed by atoms with Crippen LogP contribution in [0, 0.1) is 0 Å². The van der Waals surface area contributed by atoms with E-state index in [9.17, 15) is 9.59 Å². The van der Waals surface area contributed by atoms with Crippen molar-refractivity contribution in [2.45, 2.75) is 6.42 Å². The van der Waals surface area contributed by atoms with Crippen molar-refractivity contribution in [1.82, 2.24) is 4.90 Å². The molecule has 0 atom stereocenters. The largest absolute Gasteiger partial charge is 0.497 e. The average molecular weight is 382 g/mol. The highest BCUT2D eigenvalue weighted by Gasteiger charge is 2.12. The number of carbonyl (C=O) groups is 2. The molecule has 28 heavy (non-hydrogen) atoms. The third-order valence-corrected chi connectivity index (χ3v) is 4.21. The Kier molecular flexibility index (Phi) is 5.84. The minimum absolute atomic E-state index is 0.0307. The summed E-state index contributed by atoms with van der Waals surface area (Å²) in [5, 5.41) is 3.72. The monoisotopic (exact) mass is 382 g/mol. The number of fused-ring (bicyclic) bond motifs is 1. The first-order valence-corrected chi connectivity index (χ1v) is 8.73. The summed E-state index contributed by atoms with van der Waals surface area (Å²) < 4.78 is 16.1. The molecule has 2 amide bonds. The van der Waals surface area contributed by atoms with Crippen LogP contribution < -0.4 is 14.8 Å². The first kappa shape index (κ1) is 19.3. The van der Waals surface area contributed by atoms with E-state index in [-0.39, 0.29) is 24.8 Å². The minimum Gasteiger partial charge on any atom is -0.497 e. The van der Waals surface area contributed by atoms with Gasteiger partial charge in [0.25, 0.3) is 5.91 Å². The molecule has 3 rings (SSSR count). The minimum atomic E-state index is -0.157. The number of ether oxygens (including phenoxy) is 2. The van der Waals surface area contributed by atoms with Crippen LogP contribution in [0.25, 0.3) is 11.0 Å². The van der Waals surface area contributed by atoms with Gasteiger partial charge >= 0.3 is 0 Å². The van der Waals surface area contributed by atoms with E-state index in [2.05, 4.69) is 5.32 Å². The van der Waals surface area contributed by atoms with Crippen molar-refractivity contribution in [2.75, 3.05) is 33.1 Å². The van der Waals surface area contributed by atoms with Gasteiger partial charge in [-0.15, -0.1) is 0 Å². The Bertz CT molecular complexity index is 976. The van der Waals surface area contributed by atoms with Crippen molar-refractivity contribution < 1.29 is 23.5 Å². The Labute approximate surface area is 162 Å². The van der Waals surface area contributed by atoms with E-state index in [0.29, 0.717) is 22.8 Å². The van der Waals surface area contributed by atoms with Crippen LogP contribution in [0.2, 0.25) is 0 Å². The van der Waals surface area contributed by atoms with Crippen LogP contribution in [0.15, 0.2) is 53.1 Å². The van der Waals surface area contributed by atoms with Gasteiger partial charge in [-0.1, -0.05) is 0 Å². The summed E-state index contributed by atoms with van der Waals surface area (Å²) in [7, 11) is 4.93. The molecule has 0 bridgehead atoms. The van der Waals surface area contributed by atoms with Crippen LogP contribution in [-0.2, 0) is 16.0 Å². The van der Waals surface area contributed by atoms with E-state index >= 15 is 0 Å². The van der Waals surface area contributed by atoms with E-state index in [1.54, 1.807) is 57.8 Å². The van der Waals surface area contributed by atoms with Gasteiger partial charge in [0, 0.05) is 36.8 Å². The van der Waals surface area contributed by atoms with Gasteiger partial charge in [0.05, 0.1) is 19.8 Å². The zero-order chi connectivity index (χ0) is 20.1. The van der Waals surface area contributed by atoms with Gasteiger partial charge in [-0.2, -0.15) is 0 Å². The predicted octanol–water partition coefficient (Wildman–Crippen LogP) is 3.09. The maximum atomic E-state index is 12.4. The molecule has 0 aliphatic rings. The molecule has 1 heterocycles. The fraction of sp³-hybridized carbons (Fsp3) is 0.238. The van der Waals surface area contributed by atoms with Gasteiger partial charge in [0.2, 0.25) is 5.91 Å². The highest BCUT2D eigenvalue weighted by atomic mass is 16.5. The van der Waals surface area contributed by atoms with Crippen molar-refractivity contribution in [1.29, 1.82) is 0 Å². The maximum Gasteiger partial charge on any atom is 0.259 e. The molecule has 0 saturated carbocycles. The molecule has 0 aliphatic heterocycles. The Hall–Kier alpha value is -3.48. The number of carbonyl (C=O) groups excluding carboxylic acids is 2. The van der Waals surface area contributed by atoms with E-state index in [1.807, 2.05) is 12.1 Å². The number of amides is 2. The molecule has 1 N–H and O–H groups in total. The number of benzene rings is 2. The normalized spacial score (nSPS) is 10.5. The Morgan fingerprint density at radius 1 is 1.07 bits per heavy atom. The fourth-order valence-corrected chi connectivity index (χ4v) is 2.61. The molecule has 2 aromatic carbocycles. The Morgan fingerprint density at radius 3 is 2.46 bits per heavy atom. The quantitative estimate of drug-likeness (QED) is 0.679. The Morgan fingerprint density at radius 2 is 1.79 bits per heavy atom. The van der Waals surface area contributed by atoms with Crippen molar-refractivity contribution in [3.63, 3.8) is 0 Å². The molecule has 0 spiro atoms. The van der Waals surface area contributed by atoms with E-state index < -0.39 is 0 Å². The fourth-order valence-electron chi connectivity index (χ4n) is 2.61. The molecule has 0 aliphatic carbocycles. The topological polar surface area (TPSA) is 81.0 Å². The second-order valence-corrected chi connectivity index (χ2v) is 6.45. The lowest BCUT2D eigenvalue weighted by molar-refractivity contribution is -0.130. The number of rotatable bonds is 7. The van der Waals surface area contributed by atoms with Crippen LogP contribution in [0.4, 0.5) is 5.69 Å². The van der Waals surface area contributed by atoms with Crippen molar-refractivity contribution in [3.05, 3.63) is 54.3 Å². The number of likely N-dealkylation sites (N-methyl/N-ethyl adjacent to an activating group) is 1. The third-order valence-electron chi connectivity index (χ3n) is 4.21. The van der Waals surface area contributed by atoms with Crippen molar-refractivity contribution >= 4 is 28.5 Å². The van der Waals surface area contributed by atoms with Crippen molar-refractivity contribution in [2.24, 2.45) is 0 Å². The molecule has 0 unspecified atom stereocenters. The number of hydrogen-bond donors (Lipinski definition) is 1. The lowest BCUT2D eigenvalue weighted by Gasteiger charge is -2.11. The van der Waals surface area contributed by atoms with E-state index in [0.717, 1.165) is 10.9 Å². The molecular weight excluding hydrogens is 360 g/mol. The number of hydrogen-bond acceptors (Lipinski definition) is 5. The number of nitrogens with zero attached hydrogens (tertiary/aromatic N) is 1. The third kappa shape index (κ3) is 4.62. The summed E-state index contributed by atoms with van der Waals surface area (Å²) in [5.74, 6) is 0.979. The second kappa shape index (κ2) is 8.47. The predicted molar refractivity (Wildman–Crippen MR) is 106 cm³/mol. The first-order chi connectivity index (χ1) is 13.5. The molecule has 146 valence electrons. The standard InChI is InChI=1S/C21H22N2O5/c1-23(2)21(25)13-27-16-6-4-15(5-7-16)22-20(24)10-14-12-28-19-11-17(26-3)8-9-18(14)19/h4-9,11-12H,10,13H2,1-3H3,(H,22,24). The van der Waals surface area contributed by atoms with Crippen LogP contribution in [0.5, 0.6) is 11.5 Å². The molecule has 7 nitrogen and oxygen atoms in total. The first-order valence-electron chi connectivity index (χ1n) is 8.73. The summed E-state index contributed by atoms with van der Waals surface area (Å²) >= 11 is 0. The molecule has 0 saturated heterocycles. The van der Waals surface area contributed by atoms with E-state index in [1.165, 1.54) is 4.90 Å². The smallest absolute Gasteiger partial charge is 0.259 e. The van der Waals surface area contributed by atoms with E-state index in [4.69, 9.17) is 13.9 Å². The molecule has 3 aromatic rings.